The smallest absolute Gasteiger partial charge is 0.272 e. The van der Waals surface area contributed by atoms with Gasteiger partial charge in [0.2, 0.25) is 5.91 Å². The van der Waals surface area contributed by atoms with Crippen molar-refractivity contribution in [3.8, 4) is 5.69 Å². The molecular weight excluding hydrogens is 349 g/mol. The van der Waals surface area contributed by atoms with Crippen molar-refractivity contribution in [3.05, 3.63) is 48.3 Å². The molecule has 2 aromatic rings. The van der Waals surface area contributed by atoms with Crippen LogP contribution in [0.4, 0.5) is 4.39 Å². The summed E-state index contributed by atoms with van der Waals surface area (Å²) in [6, 6.07) is 6.04. The van der Waals surface area contributed by atoms with Gasteiger partial charge in [-0.25, -0.2) is 9.37 Å². The summed E-state index contributed by atoms with van der Waals surface area (Å²) < 4.78 is 14.8. The minimum atomic E-state index is -0.329. The molecule has 1 saturated heterocycles. The number of halogens is 1. The third-order valence-corrected chi connectivity index (χ3v) is 4.44. The van der Waals surface area contributed by atoms with Gasteiger partial charge >= 0.3 is 0 Å². The first-order valence-corrected chi connectivity index (χ1v) is 9.03. The Bertz CT molecular complexity index is 795. The molecule has 3 rings (SSSR count). The maximum atomic E-state index is 13.1. The number of hydrogen-bond donors (Lipinski definition) is 1. The Balaban J connectivity index is 1.61. The van der Waals surface area contributed by atoms with Crippen LogP contribution < -0.4 is 5.32 Å². The van der Waals surface area contributed by atoms with E-state index in [4.69, 9.17) is 0 Å². The summed E-state index contributed by atoms with van der Waals surface area (Å²) in [6.07, 6.45) is 3.07. The van der Waals surface area contributed by atoms with Gasteiger partial charge in [0.05, 0.1) is 19.1 Å². The van der Waals surface area contributed by atoms with Crippen molar-refractivity contribution in [1.82, 2.24) is 24.7 Å². The van der Waals surface area contributed by atoms with Crippen molar-refractivity contribution in [2.75, 3.05) is 32.7 Å². The normalized spacial score (nSPS) is 15.2. The molecule has 1 aliphatic heterocycles. The highest BCUT2D eigenvalue weighted by Crippen LogP contribution is 2.15. The van der Waals surface area contributed by atoms with E-state index in [1.807, 2.05) is 18.7 Å². The molecule has 7 nitrogen and oxygen atoms in total. The molecule has 1 N–H and O–H groups in total. The van der Waals surface area contributed by atoms with Gasteiger partial charge in [-0.05, 0) is 38.1 Å². The summed E-state index contributed by atoms with van der Waals surface area (Å²) in [4.78, 5) is 32.6. The number of benzene rings is 1. The lowest BCUT2D eigenvalue weighted by atomic mass is 10.2. The summed E-state index contributed by atoms with van der Waals surface area (Å²) in [6.45, 7) is 6.57. The van der Waals surface area contributed by atoms with E-state index < -0.39 is 0 Å². The van der Waals surface area contributed by atoms with Gasteiger partial charge in [-0.15, -0.1) is 0 Å². The number of aromatic nitrogens is 2. The Kier molecular flexibility index (Phi) is 5.85. The van der Waals surface area contributed by atoms with Crippen molar-refractivity contribution < 1.29 is 14.0 Å². The van der Waals surface area contributed by atoms with Gasteiger partial charge in [0.25, 0.3) is 5.91 Å². The first kappa shape index (κ1) is 19.0. The lowest BCUT2D eigenvalue weighted by molar-refractivity contribution is -0.123. The van der Waals surface area contributed by atoms with Crippen molar-refractivity contribution in [3.63, 3.8) is 0 Å². The third kappa shape index (κ3) is 4.71. The number of carbonyl (C=O) groups is 2. The molecular formula is C19H24FN5O2. The molecule has 0 bridgehead atoms. The predicted octanol–water partition coefficient (Wildman–Crippen LogP) is 1.29. The SMILES string of the molecule is CC(C)NC(=O)CN1CCN(C(=O)c2cncn2-c2ccc(F)cc2)CC1. The average molecular weight is 373 g/mol. The van der Waals surface area contributed by atoms with E-state index in [2.05, 4.69) is 10.3 Å². The Morgan fingerprint density at radius 3 is 2.44 bits per heavy atom. The van der Waals surface area contributed by atoms with E-state index in [1.54, 1.807) is 27.9 Å². The summed E-state index contributed by atoms with van der Waals surface area (Å²) in [7, 11) is 0. The van der Waals surface area contributed by atoms with E-state index in [-0.39, 0.29) is 23.7 Å². The zero-order valence-electron chi connectivity index (χ0n) is 15.6. The maximum Gasteiger partial charge on any atom is 0.272 e. The fourth-order valence-corrected chi connectivity index (χ4v) is 3.10. The summed E-state index contributed by atoms with van der Waals surface area (Å²) in [5.41, 5.74) is 1.12. The van der Waals surface area contributed by atoms with Gasteiger partial charge in [-0.3, -0.25) is 19.1 Å². The molecule has 1 aromatic heterocycles. The quantitative estimate of drug-likeness (QED) is 0.858. The molecule has 2 heterocycles. The van der Waals surface area contributed by atoms with E-state index in [1.165, 1.54) is 18.3 Å². The first-order chi connectivity index (χ1) is 12.9. The number of carbonyl (C=O) groups excluding carboxylic acids is 2. The molecule has 0 unspecified atom stereocenters. The largest absolute Gasteiger partial charge is 0.353 e. The lowest BCUT2D eigenvalue weighted by Gasteiger charge is -2.34. The molecule has 0 spiro atoms. The number of rotatable bonds is 5. The van der Waals surface area contributed by atoms with Crippen LogP contribution in [0.5, 0.6) is 0 Å². The minimum Gasteiger partial charge on any atom is -0.353 e. The molecule has 8 heteroatoms. The standard InChI is InChI=1S/C19H24FN5O2/c1-14(2)22-18(26)12-23-7-9-24(10-8-23)19(27)17-11-21-13-25(17)16-5-3-15(20)4-6-16/h3-6,11,13-14H,7-10,12H2,1-2H3,(H,22,26). The highest BCUT2D eigenvalue weighted by atomic mass is 19.1. The predicted molar refractivity (Wildman–Crippen MR) is 99.1 cm³/mol. The van der Waals surface area contributed by atoms with E-state index >= 15 is 0 Å². The fourth-order valence-electron chi connectivity index (χ4n) is 3.10. The van der Waals surface area contributed by atoms with E-state index in [0.717, 1.165) is 0 Å². The highest BCUT2D eigenvalue weighted by molar-refractivity contribution is 5.93. The highest BCUT2D eigenvalue weighted by Gasteiger charge is 2.25. The van der Waals surface area contributed by atoms with E-state index in [9.17, 15) is 14.0 Å². The van der Waals surface area contributed by atoms with Gasteiger partial charge in [0.15, 0.2) is 0 Å². The molecule has 1 fully saturated rings. The van der Waals surface area contributed by atoms with Crippen LogP contribution in [0.15, 0.2) is 36.8 Å². The van der Waals surface area contributed by atoms with Crippen LogP contribution in [-0.4, -0.2) is 69.9 Å². The van der Waals surface area contributed by atoms with Crippen LogP contribution in [0.1, 0.15) is 24.3 Å². The second kappa shape index (κ2) is 8.30. The van der Waals surface area contributed by atoms with Crippen molar-refractivity contribution in [2.45, 2.75) is 19.9 Å². The zero-order chi connectivity index (χ0) is 19.4. The Morgan fingerprint density at radius 2 is 1.81 bits per heavy atom. The molecule has 0 atom stereocenters. The summed E-state index contributed by atoms with van der Waals surface area (Å²) in [5, 5.41) is 2.88. The molecule has 0 aliphatic carbocycles. The van der Waals surface area contributed by atoms with Crippen molar-refractivity contribution in [1.29, 1.82) is 0 Å². The topological polar surface area (TPSA) is 70.5 Å². The summed E-state index contributed by atoms with van der Waals surface area (Å²) >= 11 is 0. The van der Waals surface area contributed by atoms with Crippen LogP contribution in [0, 0.1) is 5.82 Å². The Labute approximate surface area is 157 Å². The molecule has 1 aromatic carbocycles. The second-order valence-electron chi connectivity index (χ2n) is 6.92. The third-order valence-electron chi connectivity index (χ3n) is 4.44. The Morgan fingerprint density at radius 1 is 1.15 bits per heavy atom. The molecule has 0 radical (unpaired) electrons. The van der Waals surface area contributed by atoms with Crippen molar-refractivity contribution >= 4 is 11.8 Å². The minimum absolute atomic E-state index is 0.000775. The van der Waals surface area contributed by atoms with Gasteiger partial charge < -0.3 is 10.2 Å². The number of amides is 2. The number of nitrogens with one attached hydrogen (secondary N) is 1. The number of imidazole rings is 1. The van der Waals surface area contributed by atoms with Crippen LogP contribution >= 0.6 is 0 Å². The lowest BCUT2D eigenvalue weighted by Crippen LogP contribution is -2.51. The second-order valence-corrected chi connectivity index (χ2v) is 6.92. The van der Waals surface area contributed by atoms with Gasteiger partial charge in [0, 0.05) is 37.9 Å². The molecule has 144 valence electrons. The summed E-state index contributed by atoms with van der Waals surface area (Å²) in [5.74, 6) is -0.452. The first-order valence-electron chi connectivity index (χ1n) is 9.03. The van der Waals surface area contributed by atoms with E-state index in [0.29, 0.717) is 44.1 Å². The van der Waals surface area contributed by atoms with Crippen molar-refractivity contribution in [2.24, 2.45) is 0 Å². The maximum absolute atomic E-state index is 13.1. The van der Waals surface area contributed by atoms with Gasteiger partial charge in [-0.1, -0.05) is 0 Å². The average Bonchev–Trinajstić information content (AvgIpc) is 3.11. The van der Waals surface area contributed by atoms with Crippen LogP contribution in [-0.2, 0) is 4.79 Å². The Hall–Kier alpha value is -2.74. The van der Waals surface area contributed by atoms with Gasteiger partial charge in [0.1, 0.15) is 11.5 Å². The van der Waals surface area contributed by atoms with Crippen LogP contribution in [0.25, 0.3) is 5.69 Å². The van der Waals surface area contributed by atoms with Gasteiger partial charge in [-0.2, -0.15) is 0 Å². The molecule has 0 saturated carbocycles. The molecule has 1 aliphatic rings. The number of piperazine rings is 1. The monoisotopic (exact) mass is 373 g/mol. The number of nitrogens with zero attached hydrogens (tertiary/aromatic N) is 4. The fraction of sp³-hybridized carbons (Fsp3) is 0.421. The molecule has 2 amide bonds. The molecule has 27 heavy (non-hydrogen) atoms. The van der Waals surface area contributed by atoms with Crippen LogP contribution in [0.2, 0.25) is 0 Å². The number of hydrogen-bond acceptors (Lipinski definition) is 4. The zero-order valence-corrected chi connectivity index (χ0v) is 15.6. The van der Waals surface area contributed by atoms with Crippen LogP contribution in [0.3, 0.4) is 0 Å².